The summed E-state index contributed by atoms with van der Waals surface area (Å²) in [6.45, 7) is 6.83. The van der Waals surface area contributed by atoms with Gasteiger partial charge < -0.3 is 5.32 Å². The summed E-state index contributed by atoms with van der Waals surface area (Å²) in [5.41, 5.74) is 0.224. The lowest BCUT2D eigenvalue weighted by molar-refractivity contribution is 0.0917. The number of nitrogens with zero attached hydrogens (tertiary/aromatic N) is 2. The van der Waals surface area contributed by atoms with E-state index in [1.807, 2.05) is 26.0 Å². The van der Waals surface area contributed by atoms with Crippen LogP contribution < -0.4 is 10.9 Å². The lowest BCUT2D eigenvalue weighted by atomic mass is 9.87. The number of hydrogen-bond donors (Lipinski definition) is 1. The third kappa shape index (κ3) is 3.91. The summed E-state index contributed by atoms with van der Waals surface area (Å²) in [6, 6.07) is 7.45. The van der Waals surface area contributed by atoms with E-state index in [1.165, 1.54) is 4.68 Å². The minimum Gasteiger partial charge on any atom is -0.348 e. The van der Waals surface area contributed by atoms with Crippen LogP contribution in [0.4, 0.5) is 0 Å². The molecule has 1 heterocycles. The van der Waals surface area contributed by atoms with E-state index in [0.29, 0.717) is 23.0 Å². The summed E-state index contributed by atoms with van der Waals surface area (Å²) in [6.07, 6.45) is 4.31. The molecule has 1 aromatic carbocycles. The summed E-state index contributed by atoms with van der Waals surface area (Å²) in [5, 5.41) is 8.73. The second kappa shape index (κ2) is 7.38. The maximum atomic E-state index is 12.9. The van der Waals surface area contributed by atoms with Crippen LogP contribution in [0.2, 0.25) is 0 Å². The van der Waals surface area contributed by atoms with Crippen molar-refractivity contribution in [3.63, 3.8) is 0 Å². The molecule has 1 aromatic heterocycles. The third-order valence-corrected chi connectivity index (χ3v) is 4.97. The molecular formula is C20H27N3O2. The Balaban J connectivity index is 1.95. The fraction of sp³-hybridized carbons (Fsp3) is 0.550. The van der Waals surface area contributed by atoms with Crippen molar-refractivity contribution in [2.75, 3.05) is 0 Å². The lowest BCUT2D eigenvalue weighted by Gasteiger charge is -2.27. The molecule has 0 bridgehead atoms. The number of benzene rings is 1. The summed E-state index contributed by atoms with van der Waals surface area (Å²) >= 11 is 0. The molecule has 1 amide bonds. The zero-order valence-corrected chi connectivity index (χ0v) is 15.3. The van der Waals surface area contributed by atoms with Gasteiger partial charge in [0.15, 0.2) is 5.69 Å². The number of hydrogen-bond acceptors (Lipinski definition) is 3. The van der Waals surface area contributed by atoms with Crippen LogP contribution in [0, 0.1) is 11.8 Å². The summed E-state index contributed by atoms with van der Waals surface area (Å²) < 4.78 is 1.44. The van der Waals surface area contributed by atoms with Crippen molar-refractivity contribution in [3.8, 4) is 0 Å². The molecule has 0 aliphatic heterocycles. The van der Waals surface area contributed by atoms with Crippen molar-refractivity contribution in [2.24, 2.45) is 11.8 Å². The SMILES string of the molecule is CC(C)Cn1nc(C(=O)NC2CCC(C)CC2)c2ccccc2c1=O. The molecule has 2 aromatic rings. The maximum absolute atomic E-state index is 12.9. The largest absolute Gasteiger partial charge is 0.348 e. The number of fused-ring (bicyclic) bond motifs is 1. The van der Waals surface area contributed by atoms with Gasteiger partial charge >= 0.3 is 0 Å². The molecule has 1 aliphatic rings. The highest BCUT2D eigenvalue weighted by atomic mass is 16.2. The van der Waals surface area contributed by atoms with Gasteiger partial charge in [-0.3, -0.25) is 9.59 Å². The van der Waals surface area contributed by atoms with Crippen molar-refractivity contribution in [2.45, 2.75) is 59.0 Å². The van der Waals surface area contributed by atoms with Gasteiger partial charge in [0.1, 0.15) is 0 Å². The molecule has 0 saturated heterocycles. The van der Waals surface area contributed by atoms with Gasteiger partial charge in [0.05, 0.1) is 5.39 Å². The van der Waals surface area contributed by atoms with E-state index in [0.717, 1.165) is 31.6 Å². The minimum absolute atomic E-state index is 0.132. The number of carbonyl (C=O) groups is 1. The first-order chi connectivity index (χ1) is 12.0. The molecule has 25 heavy (non-hydrogen) atoms. The van der Waals surface area contributed by atoms with Gasteiger partial charge in [-0.05, 0) is 43.6 Å². The second-order valence-corrected chi connectivity index (χ2v) is 7.71. The van der Waals surface area contributed by atoms with E-state index >= 15 is 0 Å². The van der Waals surface area contributed by atoms with Crippen molar-refractivity contribution >= 4 is 16.7 Å². The number of nitrogens with one attached hydrogen (secondary N) is 1. The summed E-state index contributed by atoms with van der Waals surface area (Å²) in [5.74, 6) is 0.843. The van der Waals surface area contributed by atoms with Crippen LogP contribution in [0.25, 0.3) is 10.8 Å². The Hall–Kier alpha value is -2.17. The fourth-order valence-electron chi connectivity index (χ4n) is 3.53. The van der Waals surface area contributed by atoms with E-state index < -0.39 is 0 Å². The van der Waals surface area contributed by atoms with Crippen LogP contribution in [-0.4, -0.2) is 21.7 Å². The minimum atomic E-state index is -0.173. The predicted molar refractivity (Wildman–Crippen MR) is 99.7 cm³/mol. The van der Waals surface area contributed by atoms with Gasteiger partial charge in [-0.25, -0.2) is 4.68 Å². The molecular weight excluding hydrogens is 314 g/mol. The molecule has 134 valence electrons. The normalized spacial score (nSPS) is 20.8. The second-order valence-electron chi connectivity index (χ2n) is 7.71. The maximum Gasteiger partial charge on any atom is 0.274 e. The highest BCUT2D eigenvalue weighted by Gasteiger charge is 2.23. The van der Waals surface area contributed by atoms with Crippen molar-refractivity contribution in [1.82, 2.24) is 15.1 Å². The van der Waals surface area contributed by atoms with E-state index in [4.69, 9.17) is 0 Å². The van der Waals surface area contributed by atoms with Crippen molar-refractivity contribution in [3.05, 3.63) is 40.3 Å². The predicted octanol–water partition coefficient (Wildman–Crippen LogP) is 3.36. The van der Waals surface area contributed by atoms with E-state index in [1.54, 1.807) is 12.1 Å². The Labute approximate surface area is 148 Å². The molecule has 0 atom stereocenters. The standard InChI is InChI=1S/C20H27N3O2/c1-13(2)12-23-20(25)17-7-5-4-6-16(17)18(22-23)19(24)21-15-10-8-14(3)9-11-15/h4-7,13-15H,8-12H2,1-3H3,(H,21,24). The molecule has 0 spiro atoms. The Kier molecular flexibility index (Phi) is 5.21. The lowest BCUT2D eigenvalue weighted by Crippen LogP contribution is -2.39. The Morgan fingerprint density at radius 3 is 2.48 bits per heavy atom. The number of aromatic nitrogens is 2. The van der Waals surface area contributed by atoms with Gasteiger partial charge in [-0.2, -0.15) is 5.10 Å². The molecule has 1 aliphatic carbocycles. The molecule has 0 unspecified atom stereocenters. The number of rotatable bonds is 4. The Morgan fingerprint density at radius 2 is 1.84 bits per heavy atom. The first-order valence-electron chi connectivity index (χ1n) is 9.26. The highest BCUT2D eigenvalue weighted by molar-refractivity contribution is 6.04. The first kappa shape index (κ1) is 17.6. The van der Waals surface area contributed by atoms with Gasteiger partial charge in [-0.1, -0.05) is 39.0 Å². The average Bonchev–Trinajstić information content (AvgIpc) is 2.59. The zero-order chi connectivity index (χ0) is 18.0. The van der Waals surface area contributed by atoms with E-state index in [9.17, 15) is 9.59 Å². The van der Waals surface area contributed by atoms with Crippen molar-refractivity contribution in [1.29, 1.82) is 0 Å². The van der Waals surface area contributed by atoms with E-state index in [-0.39, 0.29) is 23.4 Å². The van der Waals surface area contributed by atoms with Crippen LogP contribution in [-0.2, 0) is 6.54 Å². The fourth-order valence-corrected chi connectivity index (χ4v) is 3.53. The molecule has 1 saturated carbocycles. The van der Waals surface area contributed by atoms with Gasteiger partial charge in [-0.15, -0.1) is 0 Å². The number of carbonyl (C=O) groups excluding carboxylic acids is 1. The number of amides is 1. The van der Waals surface area contributed by atoms with Crippen LogP contribution in [0.1, 0.15) is 56.9 Å². The highest BCUT2D eigenvalue weighted by Crippen LogP contribution is 2.24. The molecule has 5 nitrogen and oxygen atoms in total. The van der Waals surface area contributed by atoms with Crippen LogP contribution in [0.5, 0.6) is 0 Å². The van der Waals surface area contributed by atoms with Crippen LogP contribution in [0.3, 0.4) is 0 Å². The van der Waals surface area contributed by atoms with Gasteiger partial charge in [0, 0.05) is 18.0 Å². The van der Waals surface area contributed by atoms with Crippen molar-refractivity contribution < 1.29 is 4.79 Å². The molecule has 1 N–H and O–H groups in total. The van der Waals surface area contributed by atoms with Crippen LogP contribution >= 0.6 is 0 Å². The molecule has 3 rings (SSSR count). The van der Waals surface area contributed by atoms with Gasteiger partial charge in [0.25, 0.3) is 11.5 Å². The quantitative estimate of drug-likeness (QED) is 0.927. The molecule has 1 fully saturated rings. The molecule has 0 radical (unpaired) electrons. The molecule has 5 heteroatoms. The third-order valence-electron chi connectivity index (χ3n) is 4.97. The van der Waals surface area contributed by atoms with Crippen LogP contribution in [0.15, 0.2) is 29.1 Å². The average molecular weight is 341 g/mol. The Morgan fingerprint density at radius 1 is 1.20 bits per heavy atom. The first-order valence-corrected chi connectivity index (χ1v) is 9.26. The summed E-state index contributed by atoms with van der Waals surface area (Å²) in [4.78, 5) is 25.5. The smallest absolute Gasteiger partial charge is 0.274 e. The summed E-state index contributed by atoms with van der Waals surface area (Å²) in [7, 11) is 0. The zero-order valence-electron chi connectivity index (χ0n) is 15.3. The monoisotopic (exact) mass is 341 g/mol. The van der Waals surface area contributed by atoms with E-state index in [2.05, 4.69) is 17.3 Å². The van der Waals surface area contributed by atoms with Gasteiger partial charge in [0.2, 0.25) is 0 Å². The topological polar surface area (TPSA) is 64.0 Å². The Bertz CT molecular complexity index is 817.